The van der Waals surface area contributed by atoms with Crippen molar-refractivity contribution in [2.45, 2.75) is 82.4 Å². The number of nitrogens with one attached hydrogen (secondary N) is 1. The van der Waals surface area contributed by atoms with Gasteiger partial charge in [-0.15, -0.1) is 0 Å². The second-order valence-corrected chi connectivity index (χ2v) is 10.6. The minimum absolute atomic E-state index is 0.00517. The summed E-state index contributed by atoms with van der Waals surface area (Å²) in [4.78, 5) is 0. The summed E-state index contributed by atoms with van der Waals surface area (Å²) < 4.78 is 26.6. The molecule has 31 heavy (non-hydrogen) atoms. The van der Waals surface area contributed by atoms with Crippen LogP contribution in [-0.4, -0.2) is 24.8 Å². The van der Waals surface area contributed by atoms with Crippen LogP contribution in [-0.2, 0) is 4.74 Å². The van der Waals surface area contributed by atoms with Gasteiger partial charge in [-0.05, 0) is 94.2 Å². The molecular weight excluding hydrogens is 389 g/mol. The van der Waals surface area contributed by atoms with Crippen molar-refractivity contribution in [3.8, 4) is 5.75 Å². The molecule has 0 bridgehead atoms. The van der Waals surface area contributed by atoms with Crippen LogP contribution in [0.4, 0.5) is 4.39 Å². The Hall–Kier alpha value is -1.91. The maximum Gasteiger partial charge on any atom is 0.126 e. The van der Waals surface area contributed by atoms with Gasteiger partial charge < -0.3 is 14.8 Å². The topological polar surface area (TPSA) is 30.5 Å². The van der Waals surface area contributed by atoms with Crippen molar-refractivity contribution in [2.75, 3.05) is 13.7 Å². The van der Waals surface area contributed by atoms with E-state index in [4.69, 9.17) is 9.47 Å². The van der Waals surface area contributed by atoms with Crippen molar-refractivity contribution in [1.29, 1.82) is 0 Å². The monoisotopic (exact) mass is 425 g/mol. The first-order valence-corrected chi connectivity index (χ1v) is 11.5. The molecule has 0 amide bonds. The van der Waals surface area contributed by atoms with E-state index in [1.165, 1.54) is 5.56 Å². The molecule has 0 saturated carbocycles. The van der Waals surface area contributed by atoms with E-state index in [2.05, 4.69) is 51.2 Å². The molecule has 2 aliphatic heterocycles. The number of methoxy groups -OCH3 is 1. The number of rotatable bonds is 4. The van der Waals surface area contributed by atoms with E-state index in [9.17, 15) is 0 Å². The molecule has 2 unspecified atom stereocenters. The van der Waals surface area contributed by atoms with E-state index in [1.807, 2.05) is 18.2 Å². The highest BCUT2D eigenvalue weighted by Crippen LogP contribution is 2.41. The van der Waals surface area contributed by atoms with Crippen molar-refractivity contribution in [1.82, 2.24) is 5.32 Å². The van der Waals surface area contributed by atoms with Gasteiger partial charge >= 0.3 is 0 Å². The largest absolute Gasteiger partial charge is 0.497 e. The average molecular weight is 426 g/mol. The Labute approximate surface area is 186 Å². The van der Waals surface area contributed by atoms with E-state index >= 15 is 4.39 Å². The second kappa shape index (κ2) is 8.55. The number of benzene rings is 2. The fourth-order valence-electron chi connectivity index (χ4n) is 5.77. The first kappa shape index (κ1) is 22.3. The molecular formula is C27H36FNO2. The third-order valence-electron chi connectivity index (χ3n) is 6.89. The van der Waals surface area contributed by atoms with Gasteiger partial charge in [-0.3, -0.25) is 0 Å². The number of halogens is 1. The molecule has 3 nitrogen and oxygen atoms in total. The highest BCUT2D eigenvalue weighted by Gasteiger charge is 2.39. The van der Waals surface area contributed by atoms with Gasteiger partial charge in [-0.1, -0.05) is 24.3 Å². The summed E-state index contributed by atoms with van der Waals surface area (Å²) in [5.74, 6) is 1.28. The van der Waals surface area contributed by atoms with Gasteiger partial charge in [0.2, 0.25) is 0 Å². The highest BCUT2D eigenvalue weighted by atomic mass is 19.1. The lowest BCUT2D eigenvalue weighted by Gasteiger charge is -2.46. The van der Waals surface area contributed by atoms with Crippen LogP contribution in [0.15, 0.2) is 42.5 Å². The van der Waals surface area contributed by atoms with E-state index < -0.39 is 0 Å². The third-order valence-corrected chi connectivity index (χ3v) is 6.89. The van der Waals surface area contributed by atoms with Crippen LogP contribution >= 0.6 is 0 Å². The van der Waals surface area contributed by atoms with Gasteiger partial charge in [-0.2, -0.15) is 0 Å². The smallest absolute Gasteiger partial charge is 0.126 e. The molecule has 2 saturated heterocycles. The Kier molecular flexibility index (Phi) is 6.15. The molecule has 2 atom stereocenters. The van der Waals surface area contributed by atoms with Crippen LogP contribution in [0.5, 0.6) is 5.75 Å². The Morgan fingerprint density at radius 2 is 1.55 bits per heavy atom. The van der Waals surface area contributed by atoms with Crippen LogP contribution in [0.2, 0.25) is 0 Å². The van der Waals surface area contributed by atoms with Gasteiger partial charge in [-0.25, -0.2) is 4.39 Å². The van der Waals surface area contributed by atoms with Crippen LogP contribution in [0, 0.1) is 5.82 Å². The molecule has 2 aromatic carbocycles. The summed E-state index contributed by atoms with van der Waals surface area (Å²) in [6.07, 6.45) is 3.94. The molecule has 2 aliphatic rings. The lowest BCUT2D eigenvalue weighted by Crippen LogP contribution is -2.57. The lowest BCUT2D eigenvalue weighted by atomic mass is 9.73. The molecule has 2 aromatic rings. The predicted octanol–water partition coefficient (Wildman–Crippen LogP) is 6.49. The second-order valence-electron chi connectivity index (χ2n) is 10.6. The first-order valence-electron chi connectivity index (χ1n) is 11.5. The molecule has 4 rings (SSSR count). The van der Waals surface area contributed by atoms with Crippen molar-refractivity contribution in [3.63, 3.8) is 0 Å². The van der Waals surface area contributed by atoms with Crippen LogP contribution in [0.1, 0.15) is 88.0 Å². The maximum atomic E-state index is 15.2. The molecule has 168 valence electrons. The van der Waals surface area contributed by atoms with E-state index in [0.717, 1.165) is 42.6 Å². The molecule has 2 fully saturated rings. The van der Waals surface area contributed by atoms with Crippen molar-refractivity contribution < 1.29 is 13.9 Å². The number of piperidine rings is 1. The minimum atomic E-state index is -0.0618. The fourth-order valence-corrected chi connectivity index (χ4v) is 5.77. The van der Waals surface area contributed by atoms with Crippen molar-refractivity contribution >= 4 is 0 Å². The maximum absolute atomic E-state index is 15.2. The van der Waals surface area contributed by atoms with Gasteiger partial charge in [0.05, 0.1) is 19.8 Å². The lowest BCUT2D eigenvalue weighted by molar-refractivity contribution is 0.00230. The summed E-state index contributed by atoms with van der Waals surface area (Å²) in [5, 5.41) is 3.69. The molecule has 4 heteroatoms. The number of ether oxygens (including phenoxy) is 2. The number of hydrogen-bond donors (Lipinski definition) is 1. The first-order chi connectivity index (χ1) is 14.7. The zero-order valence-electron chi connectivity index (χ0n) is 19.5. The highest BCUT2D eigenvalue weighted by molar-refractivity contribution is 5.32. The van der Waals surface area contributed by atoms with E-state index in [0.29, 0.717) is 6.61 Å². The van der Waals surface area contributed by atoms with Gasteiger partial charge in [0, 0.05) is 17.0 Å². The Balaban J connectivity index is 1.43. The van der Waals surface area contributed by atoms with E-state index in [1.54, 1.807) is 13.2 Å². The predicted molar refractivity (Wildman–Crippen MR) is 123 cm³/mol. The SMILES string of the molecule is COc1ccc(C2CCC(c3ccc(C4CC(C)(C)NC(C)(C)C4)c(F)c3)CO2)cc1. The Morgan fingerprint density at radius 3 is 2.10 bits per heavy atom. The molecule has 1 N–H and O–H groups in total. The molecule has 0 radical (unpaired) electrons. The summed E-state index contributed by atoms with van der Waals surface area (Å²) in [5.41, 5.74) is 3.11. The van der Waals surface area contributed by atoms with Gasteiger partial charge in [0.25, 0.3) is 0 Å². The zero-order valence-corrected chi connectivity index (χ0v) is 19.5. The fraction of sp³-hybridized carbons (Fsp3) is 0.556. The molecule has 0 aliphatic carbocycles. The zero-order chi connectivity index (χ0) is 22.2. The average Bonchev–Trinajstić information content (AvgIpc) is 2.71. The van der Waals surface area contributed by atoms with Crippen LogP contribution in [0.3, 0.4) is 0 Å². The normalized spacial score (nSPS) is 25.9. The molecule has 2 heterocycles. The summed E-state index contributed by atoms with van der Waals surface area (Å²) in [7, 11) is 1.67. The number of hydrogen-bond acceptors (Lipinski definition) is 3. The standard InChI is InChI=1S/C27H36FNO2/c1-26(2)15-21(16-27(3,4)29-26)23-12-8-19(14-24(23)28)20-9-13-25(31-17-20)18-6-10-22(30-5)11-7-18/h6-8,10-12,14,20-21,25,29H,9,13,15-17H2,1-5H3. The summed E-state index contributed by atoms with van der Waals surface area (Å²) in [6, 6.07) is 14.0. The minimum Gasteiger partial charge on any atom is -0.497 e. The quantitative estimate of drug-likeness (QED) is 0.607. The Bertz CT molecular complexity index is 882. The Morgan fingerprint density at radius 1 is 0.903 bits per heavy atom. The van der Waals surface area contributed by atoms with Crippen molar-refractivity contribution in [3.05, 3.63) is 65.0 Å². The van der Waals surface area contributed by atoms with Crippen molar-refractivity contribution in [2.24, 2.45) is 0 Å². The third kappa shape index (κ3) is 5.12. The molecule has 0 aromatic heterocycles. The van der Waals surface area contributed by atoms with Gasteiger partial charge in [0.15, 0.2) is 0 Å². The molecule has 0 spiro atoms. The summed E-state index contributed by atoms with van der Waals surface area (Å²) >= 11 is 0. The summed E-state index contributed by atoms with van der Waals surface area (Å²) in [6.45, 7) is 9.48. The van der Waals surface area contributed by atoms with Gasteiger partial charge in [0.1, 0.15) is 11.6 Å². The van der Waals surface area contributed by atoms with Crippen LogP contribution in [0.25, 0.3) is 0 Å². The van der Waals surface area contributed by atoms with E-state index in [-0.39, 0.29) is 34.8 Å². The van der Waals surface area contributed by atoms with Crippen LogP contribution < -0.4 is 10.1 Å².